The first-order chi connectivity index (χ1) is 5.83. The highest BCUT2D eigenvalue weighted by atomic mass is 17.2. The Morgan fingerprint density at radius 2 is 2.67 bits per heavy atom. The fourth-order valence-corrected chi connectivity index (χ4v) is 0.823. The van der Waals surface area contributed by atoms with Crippen LogP contribution in [0.15, 0.2) is 12.2 Å². The predicted molar refractivity (Wildman–Crippen MR) is 39.3 cm³/mol. The van der Waals surface area contributed by atoms with Crippen LogP contribution in [0.5, 0.6) is 0 Å². The smallest absolute Gasteiger partial charge is 0.323 e. The molecule has 5 heteroatoms. The molecule has 0 N–H and O–H groups in total. The van der Waals surface area contributed by atoms with E-state index in [1.54, 1.807) is 12.2 Å². The maximum absolute atomic E-state index is 10.8. The van der Waals surface area contributed by atoms with Crippen molar-refractivity contribution in [2.75, 3.05) is 6.61 Å². The molecule has 64 valence electrons. The van der Waals surface area contributed by atoms with Crippen LogP contribution in [0.4, 0.5) is 0 Å². The van der Waals surface area contributed by atoms with Crippen molar-refractivity contribution in [3.63, 3.8) is 0 Å². The van der Waals surface area contributed by atoms with Crippen LogP contribution in [0.25, 0.3) is 5.53 Å². The van der Waals surface area contributed by atoms with Gasteiger partial charge in [0, 0.05) is 0 Å². The van der Waals surface area contributed by atoms with Crippen molar-refractivity contribution in [2.45, 2.75) is 12.5 Å². The molecule has 0 aliphatic carbocycles. The number of carbonyl (C=O) groups excluding carboxylic acids is 1. The van der Waals surface area contributed by atoms with E-state index in [1.165, 1.54) is 0 Å². The van der Waals surface area contributed by atoms with Gasteiger partial charge >= 0.3 is 6.21 Å². The average molecular weight is 168 g/mol. The largest absolute Gasteiger partial charge is 0.361 e. The van der Waals surface area contributed by atoms with Gasteiger partial charge in [0.2, 0.25) is 5.78 Å². The zero-order valence-corrected chi connectivity index (χ0v) is 6.34. The molecule has 0 bridgehead atoms. The van der Waals surface area contributed by atoms with Crippen molar-refractivity contribution in [3.8, 4) is 0 Å². The minimum absolute atomic E-state index is 0.126. The van der Waals surface area contributed by atoms with E-state index in [2.05, 4.69) is 9.68 Å². The quantitative estimate of drug-likeness (QED) is 0.198. The highest BCUT2D eigenvalue weighted by Gasteiger charge is 2.15. The first-order valence-corrected chi connectivity index (χ1v) is 3.48. The van der Waals surface area contributed by atoms with Gasteiger partial charge in [-0.3, -0.25) is 4.79 Å². The Balaban J connectivity index is 2.39. The average Bonchev–Trinajstić information content (AvgIpc) is 2.06. The number of rotatable bonds is 3. The van der Waals surface area contributed by atoms with Crippen molar-refractivity contribution in [3.05, 3.63) is 17.7 Å². The van der Waals surface area contributed by atoms with E-state index < -0.39 is 0 Å². The van der Waals surface area contributed by atoms with Crippen molar-refractivity contribution in [1.29, 1.82) is 0 Å². The molecule has 12 heavy (non-hydrogen) atoms. The molecule has 1 atom stereocenters. The lowest BCUT2D eigenvalue weighted by atomic mass is 10.2. The predicted octanol–water partition coefficient (Wildman–Crippen LogP) is 0.133. The Kier molecular flexibility index (Phi) is 3.35. The number of hydrogen-bond acceptors (Lipinski definition) is 3. The number of hydrogen-bond donors (Lipinski definition) is 0. The number of nitrogens with zero attached hydrogens (tertiary/aromatic N) is 2. The summed E-state index contributed by atoms with van der Waals surface area (Å²) in [4.78, 5) is 22.8. The van der Waals surface area contributed by atoms with Crippen LogP contribution in [0.1, 0.15) is 6.42 Å². The molecule has 0 saturated heterocycles. The van der Waals surface area contributed by atoms with Crippen LogP contribution in [-0.4, -0.2) is 29.5 Å². The first kappa shape index (κ1) is 8.80. The Labute approximate surface area is 69.1 Å². The Bertz CT molecular complexity index is 243. The van der Waals surface area contributed by atoms with Gasteiger partial charge in [-0.2, -0.15) is 4.79 Å². The molecule has 0 amide bonds. The third-order valence-corrected chi connectivity index (χ3v) is 1.31. The van der Waals surface area contributed by atoms with Gasteiger partial charge in [-0.15, -0.1) is 0 Å². The summed E-state index contributed by atoms with van der Waals surface area (Å²) in [6.45, 7) is 0.402. The summed E-state index contributed by atoms with van der Waals surface area (Å²) in [7, 11) is 0. The van der Waals surface area contributed by atoms with Crippen molar-refractivity contribution < 1.29 is 19.4 Å². The molecule has 1 heterocycles. The van der Waals surface area contributed by atoms with Gasteiger partial charge < -0.3 is 5.53 Å². The van der Waals surface area contributed by atoms with Crippen LogP contribution < -0.4 is 0 Å². The van der Waals surface area contributed by atoms with E-state index in [1.807, 2.05) is 0 Å². The van der Waals surface area contributed by atoms with Crippen molar-refractivity contribution >= 4 is 12.0 Å². The molecule has 0 aromatic heterocycles. The van der Waals surface area contributed by atoms with Gasteiger partial charge in [0.05, 0.1) is 6.42 Å². The van der Waals surface area contributed by atoms with Crippen molar-refractivity contribution in [2.24, 2.45) is 0 Å². The van der Waals surface area contributed by atoms with E-state index in [4.69, 9.17) is 10.4 Å². The van der Waals surface area contributed by atoms with E-state index in [0.29, 0.717) is 6.61 Å². The highest BCUT2D eigenvalue weighted by Crippen LogP contribution is 2.06. The summed E-state index contributed by atoms with van der Waals surface area (Å²) < 4.78 is 0. The molecule has 1 aliphatic rings. The second kappa shape index (κ2) is 4.56. The molecule has 0 aromatic carbocycles. The maximum Gasteiger partial charge on any atom is 0.323 e. The summed E-state index contributed by atoms with van der Waals surface area (Å²) in [5, 5.41) is 0. The van der Waals surface area contributed by atoms with Crippen LogP contribution in [0.2, 0.25) is 0 Å². The molecule has 1 aliphatic heterocycles. The topological polar surface area (TPSA) is 71.9 Å². The van der Waals surface area contributed by atoms with E-state index in [0.717, 1.165) is 6.21 Å². The second-order valence-corrected chi connectivity index (χ2v) is 2.26. The summed E-state index contributed by atoms with van der Waals surface area (Å²) in [6, 6.07) is 0. The standard InChI is InChI=1S/C7H8N2O3/c8-9-5-6(10)4-7-2-1-3-11-12-7/h1-2,5,7H,3-4H2. The first-order valence-electron chi connectivity index (χ1n) is 3.48. The zero-order valence-electron chi connectivity index (χ0n) is 6.34. The Morgan fingerprint density at radius 3 is 3.25 bits per heavy atom. The van der Waals surface area contributed by atoms with E-state index in [9.17, 15) is 4.79 Å². The number of Topliss-reactive ketones (excluding diaryl/α,β-unsaturated/α-hetero) is 1. The molecule has 0 saturated carbocycles. The third kappa shape index (κ3) is 2.75. The summed E-state index contributed by atoms with van der Waals surface area (Å²) in [5.74, 6) is -0.308. The molecule has 1 rings (SSSR count). The molecule has 0 radical (unpaired) electrons. The minimum Gasteiger partial charge on any atom is -0.361 e. The summed E-state index contributed by atoms with van der Waals surface area (Å²) in [5.41, 5.74) is 8.02. The molecule has 0 fully saturated rings. The van der Waals surface area contributed by atoms with Crippen LogP contribution in [-0.2, 0) is 14.6 Å². The molecule has 0 aromatic rings. The molecular weight excluding hydrogens is 160 g/mol. The molecular formula is C7H8N2O3. The zero-order chi connectivity index (χ0) is 8.81. The SMILES string of the molecule is [N-]=[N+]=CC(=O)CC1C=CCOO1. The van der Waals surface area contributed by atoms with E-state index >= 15 is 0 Å². The maximum atomic E-state index is 10.8. The lowest BCUT2D eigenvalue weighted by Gasteiger charge is -2.13. The van der Waals surface area contributed by atoms with Gasteiger partial charge in [0.1, 0.15) is 12.7 Å². The van der Waals surface area contributed by atoms with Gasteiger partial charge in [-0.1, -0.05) is 12.2 Å². The Morgan fingerprint density at radius 1 is 1.83 bits per heavy atom. The number of ketones is 1. The van der Waals surface area contributed by atoms with E-state index in [-0.39, 0.29) is 18.3 Å². The molecule has 1 unspecified atom stereocenters. The Hall–Kier alpha value is -1.29. The molecule has 0 spiro atoms. The second-order valence-electron chi connectivity index (χ2n) is 2.26. The van der Waals surface area contributed by atoms with Crippen LogP contribution in [0, 0.1) is 0 Å². The highest BCUT2D eigenvalue weighted by molar-refractivity contribution is 6.25. The fourth-order valence-electron chi connectivity index (χ4n) is 0.823. The van der Waals surface area contributed by atoms with Crippen LogP contribution >= 0.6 is 0 Å². The van der Waals surface area contributed by atoms with Crippen LogP contribution in [0.3, 0.4) is 0 Å². The lowest BCUT2D eigenvalue weighted by molar-refractivity contribution is -0.312. The van der Waals surface area contributed by atoms with Gasteiger partial charge in [0.15, 0.2) is 0 Å². The number of carbonyl (C=O) groups is 1. The van der Waals surface area contributed by atoms with Gasteiger partial charge in [0.25, 0.3) is 0 Å². The third-order valence-electron chi connectivity index (χ3n) is 1.31. The summed E-state index contributed by atoms with van der Waals surface area (Å²) in [6.07, 6.45) is 4.08. The lowest BCUT2D eigenvalue weighted by Crippen LogP contribution is -2.19. The fraction of sp³-hybridized carbons (Fsp3) is 0.429. The van der Waals surface area contributed by atoms with Gasteiger partial charge in [-0.25, -0.2) is 9.78 Å². The summed E-state index contributed by atoms with van der Waals surface area (Å²) >= 11 is 0. The normalized spacial score (nSPS) is 21.5. The van der Waals surface area contributed by atoms with Gasteiger partial charge in [-0.05, 0) is 0 Å². The minimum atomic E-state index is -0.371. The monoisotopic (exact) mass is 168 g/mol. The molecule has 5 nitrogen and oxygen atoms in total. The van der Waals surface area contributed by atoms with Crippen molar-refractivity contribution in [1.82, 2.24) is 0 Å².